The number of alkyl halides is 3. The molecular weight excluding hydrogens is 321 g/mol. The van der Waals surface area contributed by atoms with Crippen molar-refractivity contribution in [1.29, 1.82) is 0 Å². The van der Waals surface area contributed by atoms with Gasteiger partial charge in [0.25, 0.3) is 0 Å². The van der Waals surface area contributed by atoms with E-state index < -0.39 is 5.51 Å². The summed E-state index contributed by atoms with van der Waals surface area (Å²) in [5.74, 6) is -0.182. The molecule has 0 saturated carbocycles. The SMILES string of the molecule is FC(F)(F)SCc1cc(-c2ccccc2)nn1-c1ccccc1. The molecule has 3 aromatic rings. The molecule has 0 aliphatic carbocycles. The van der Waals surface area contributed by atoms with Crippen LogP contribution in [0.15, 0.2) is 66.7 Å². The molecule has 0 spiro atoms. The standard InChI is InChI=1S/C17H13F3N2S/c18-17(19,20)23-12-15-11-16(13-7-3-1-4-8-13)21-22(15)14-9-5-2-6-10-14/h1-11H,12H2. The molecule has 0 fully saturated rings. The second-order valence-corrected chi connectivity index (χ2v) is 5.91. The summed E-state index contributed by atoms with van der Waals surface area (Å²) >= 11 is -0.0568. The summed E-state index contributed by atoms with van der Waals surface area (Å²) in [6.07, 6.45) is 0. The molecule has 6 heteroatoms. The van der Waals surface area contributed by atoms with E-state index in [0.717, 1.165) is 11.3 Å². The molecule has 0 N–H and O–H groups in total. The molecule has 0 aliphatic rings. The van der Waals surface area contributed by atoms with Crippen molar-refractivity contribution in [3.05, 3.63) is 72.4 Å². The Kier molecular flexibility index (Phi) is 4.43. The zero-order valence-electron chi connectivity index (χ0n) is 12.0. The molecule has 3 rings (SSSR count). The van der Waals surface area contributed by atoms with Crippen molar-refractivity contribution in [3.8, 4) is 16.9 Å². The zero-order valence-corrected chi connectivity index (χ0v) is 12.8. The van der Waals surface area contributed by atoms with Gasteiger partial charge >= 0.3 is 5.51 Å². The molecule has 0 bridgehead atoms. The van der Waals surface area contributed by atoms with Crippen LogP contribution in [0.3, 0.4) is 0 Å². The Bertz CT molecular complexity index is 768. The van der Waals surface area contributed by atoms with E-state index in [-0.39, 0.29) is 17.5 Å². The highest BCUT2D eigenvalue weighted by atomic mass is 32.2. The van der Waals surface area contributed by atoms with Crippen molar-refractivity contribution in [3.63, 3.8) is 0 Å². The van der Waals surface area contributed by atoms with Gasteiger partial charge in [-0.05, 0) is 30.0 Å². The molecule has 0 saturated heterocycles. The molecule has 2 nitrogen and oxygen atoms in total. The first-order valence-corrected chi connectivity index (χ1v) is 7.92. The number of thioether (sulfide) groups is 1. The van der Waals surface area contributed by atoms with Crippen LogP contribution in [0, 0.1) is 0 Å². The number of aromatic nitrogens is 2. The number of halogens is 3. The topological polar surface area (TPSA) is 17.8 Å². The van der Waals surface area contributed by atoms with E-state index in [1.165, 1.54) is 0 Å². The average molecular weight is 334 g/mol. The third kappa shape index (κ3) is 3.96. The van der Waals surface area contributed by atoms with Crippen LogP contribution in [-0.4, -0.2) is 15.3 Å². The molecule has 1 aromatic heterocycles. The summed E-state index contributed by atoms with van der Waals surface area (Å²) in [6.45, 7) is 0. The maximum absolute atomic E-state index is 12.5. The largest absolute Gasteiger partial charge is 0.442 e. The summed E-state index contributed by atoms with van der Waals surface area (Å²) < 4.78 is 39.2. The van der Waals surface area contributed by atoms with Crippen molar-refractivity contribution in [2.45, 2.75) is 11.3 Å². The molecule has 2 aromatic carbocycles. The van der Waals surface area contributed by atoms with E-state index in [1.807, 2.05) is 60.7 Å². The Morgan fingerprint density at radius 2 is 1.52 bits per heavy atom. The molecule has 0 amide bonds. The molecule has 0 unspecified atom stereocenters. The number of hydrogen-bond acceptors (Lipinski definition) is 2. The van der Waals surface area contributed by atoms with Crippen LogP contribution in [0.5, 0.6) is 0 Å². The minimum Gasteiger partial charge on any atom is -0.236 e. The van der Waals surface area contributed by atoms with Gasteiger partial charge in [0.2, 0.25) is 0 Å². The number of para-hydroxylation sites is 1. The van der Waals surface area contributed by atoms with Gasteiger partial charge in [-0.3, -0.25) is 0 Å². The first kappa shape index (κ1) is 15.7. The summed E-state index contributed by atoms with van der Waals surface area (Å²) in [7, 11) is 0. The molecule has 0 aliphatic heterocycles. The third-order valence-corrected chi connectivity index (χ3v) is 4.00. The van der Waals surface area contributed by atoms with Crippen LogP contribution in [0.25, 0.3) is 16.9 Å². The van der Waals surface area contributed by atoms with Gasteiger partial charge < -0.3 is 0 Å². The molecule has 23 heavy (non-hydrogen) atoms. The van der Waals surface area contributed by atoms with E-state index in [0.29, 0.717) is 11.4 Å². The Hall–Kier alpha value is -2.21. The second-order valence-electron chi connectivity index (χ2n) is 4.87. The summed E-state index contributed by atoms with van der Waals surface area (Å²) in [6, 6.07) is 20.3. The quantitative estimate of drug-likeness (QED) is 0.645. The fourth-order valence-corrected chi connectivity index (χ4v) is 2.74. The van der Waals surface area contributed by atoms with Crippen LogP contribution < -0.4 is 0 Å². The highest BCUT2D eigenvalue weighted by Gasteiger charge is 2.29. The normalized spacial score (nSPS) is 11.6. The van der Waals surface area contributed by atoms with Crippen molar-refractivity contribution in [2.75, 3.05) is 0 Å². The number of hydrogen-bond donors (Lipinski definition) is 0. The zero-order chi connectivity index (χ0) is 16.3. The number of benzene rings is 2. The van der Waals surface area contributed by atoms with Crippen LogP contribution in [0.4, 0.5) is 13.2 Å². The Labute approximate surface area is 136 Å². The molecular formula is C17H13F3N2S. The lowest BCUT2D eigenvalue weighted by Crippen LogP contribution is -2.05. The first-order chi connectivity index (χ1) is 11.0. The number of nitrogens with zero attached hydrogens (tertiary/aromatic N) is 2. The fourth-order valence-electron chi connectivity index (χ4n) is 2.22. The minimum atomic E-state index is -4.27. The summed E-state index contributed by atoms with van der Waals surface area (Å²) in [5, 5.41) is 4.49. The molecule has 1 heterocycles. The van der Waals surface area contributed by atoms with Gasteiger partial charge in [-0.15, -0.1) is 0 Å². The van der Waals surface area contributed by atoms with E-state index in [1.54, 1.807) is 10.7 Å². The Morgan fingerprint density at radius 1 is 0.913 bits per heavy atom. The third-order valence-electron chi connectivity index (χ3n) is 3.24. The minimum absolute atomic E-state index is 0.0568. The van der Waals surface area contributed by atoms with Gasteiger partial charge in [-0.2, -0.15) is 18.3 Å². The van der Waals surface area contributed by atoms with Crippen LogP contribution >= 0.6 is 11.8 Å². The van der Waals surface area contributed by atoms with Gasteiger partial charge in [0.05, 0.1) is 17.1 Å². The monoisotopic (exact) mass is 334 g/mol. The lowest BCUT2D eigenvalue weighted by molar-refractivity contribution is -0.0329. The van der Waals surface area contributed by atoms with E-state index in [9.17, 15) is 13.2 Å². The number of rotatable bonds is 4. The predicted octanol–water partition coefficient (Wildman–Crippen LogP) is 5.29. The van der Waals surface area contributed by atoms with Crippen molar-refractivity contribution < 1.29 is 13.2 Å². The molecule has 118 valence electrons. The van der Waals surface area contributed by atoms with Crippen LogP contribution in [-0.2, 0) is 5.75 Å². The van der Waals surface area contributed by atoms with Gasteiger partial charge in [-0.25, -0.2) is 4.68 Å². The lowest BCUT2D eigenvalue weighted by Gasteiger charge is -2.08. The smallest absolute Gasteiger partial charge is 0.236 e. The summed E-state index contributed by atoms with van der Waals surface area (Å²) in [5.41, 5.74) is -1.48. The van der Waals surface area contributed by atoms with E-state index in [2.05, 4.69) is 5.10 Å². The Morgan fingerprint density at radius 3 is 2.13 bits per heavy atom. The van der Waals surface area contributed by atoms with Crippen molar-refractivity contribution in [2.24, 2.45) is 0 Å². The first-order valence-electron chi connectivity index (χ1n) is 6.93. The second kappa shape index (κ2) is 6.50. The predicted molar refractivity (Wildman–Crippen MR) is 86.4 cm³/mol. The van der Waals surface area contributed by atoms with E-state index >= 15 is 0 Å². The highest BCUT2D eigenvalue weighted by molar-refractivity contribution is 7.99. The lowest BCUT2D eigenvalue weighted by atomic mass is 10.1. The van der Waals surface area contributed by atoms with Gasteiger partial charge in [0.15, 0.2) is 0 Å². The van der Waals surface area contributed by atoms with Gasteiger partial charge in [0, 0.05) is 11.3 Å². The van der Waals surface area contributed by atoms with E-state index in [4.69, 9.17) is 0 Å². The highest BCUT2D eigenvalue weighted by Crippen LogP contribution is 2.34. The molecule has 0 atom stereocenters. The maximum atomic E-state index is 12.5. The maximum Gasteiger partial charge on any atom is 0.442 e. The van der Waals surface area contributed by atoms with Gasteiger partial charge in [-0.1, -0.05) is 48.5 Å². The average Bonchev–Trinajstić information content (AvgIpc) is 2.98. The van der Waals surface area contributed by atoms with Crippen molar-refractivity contribution in [1.82, 2.24) is 9.78 Å². The fraction of sp³-hybridized carbons (Fsp3) is 0.118. The summed E-state index contributed by atoms with van der Waals surface area (Å²) in [4.78, 5) is 0. The van der Waals surface area contributed by atoms with Crippen molar-refractivity contribution >= 4 is 11.8 Å². The Balaban J connectivity index is 2.00. The molecule has 0 radical (unpaired) electrons. The van der Waals surface area contributed by atoms with Crippen LogP contribution in [0.1, 0.15) is 5.69 Å². The van der Waals surface area contributed by atoms with Crippen LogP contribution in [0.2, 0.25) is 0 Å². The van der Waals surface area contributed by atoms with Gasteiger partial charge in [0.1, 0.15) is 0 Å².